The molecule has 4 saturated carbocycles. The van der Waals surface area contributed by atoms with Crippen molar-refractivity contribution in [2.75, 3.05) is 0 Å². The molecule has 4 nitrogen and oxygen atoms in total. The third-order valence-corrected chi connectivity index (χ3v) is 8.25. The maximum atomic E-state index is 14.0. The molecule has 2 aliphatic heterocycles. The van der Waals surface area contributed by atoms with Crippen LogP contribution in [-0.4, -0.2) is 22.5 Å². The van der Waals surface area contributed by atoms with E-state index >= 15 is 0 Å². The lowest BCUT2D eigenvalue weighted by Gasteiger charge is -2.68. The van der Waals surface area contributed by atoms with Crippen molar-refractivity contribution >= 4 is 17.6 Å². The van der Waals surface area contributed by atoms with Crippen LogP contribution in [-0.2, 0) is 11.3 Å². The second-order valence-electron chi connectivity index (χ2n) is 12.0. The number of benzene rings is 1. The number of aliphatic imine (C=N–C) groups is 2. The van der Waals surface area contributed by atoms with Crippen LogP contribution in [0.1, 0.15) is 70.4 Å². The number of rotatable bonds is 1. The van der Waals surface area contributed by atoms with Crippen LogP contribution in [0.25, 0.3) is 0 Å². The van der Waals surface area contributed by atoms with Gasteiger partial charge in [-0.3, -0.25) is 4.79 Å². The lowest BCUT2D eigenvalue weighted by molar-refractivity contribution is -0.189. The topological polar surface area (TPSA) is 45.0 Å². The van der Waals surface area contributed by atoms with E-state index in [-0.39, 0.29) is 27.6 Å². The van der Waals surface area contributed by atoms with Gasteiger partial charge in [-0.25, -0.2) is 4.99 Å². The SMILES string of the molecule is CC12CC3(C)CC(C)(C1)CC(C(=O)N=C1N=C4C=CC=CN4Cc4ccccc41)(C2)C3. The van der Waals surface area contributed by atoms with E-state index in [0.29, 0.717) is 5.84 Å². The average Bonchev–Trinajstić information content (AvgIpc) is 2.81. The Balaban J connectivity index is 1.45. The van der Waals surface area contributed by atoms with E-state index in [0.717, 1.165) is 42.8 Å². The number of carbonyl (C=O) groups is 1. The molecule has 160 valence electrons. The van der Waals surface area contributed by atoms with Gasteiger partial charge in [-0.2, -0.15) is 4.99 Å². The lowest BCUT2D eigenvalue weighted by atomic mass is 9.36. The molecule has 1 aromatic carbocycles. The Morgan fingerprint density at radius 3 is 2.26 bits per heavy atom. The summed E-state index contributed by atoms with van der Waals surface area (Å²) in [4.78, 5) is 25.8. The Hall–Kier alpha value is -2.49. The third-order valence-electron chi connectivity index (χ3n) is 8.25. The van der Waals surface area contributed by atoms with Crippen LogP contribution in [0, 0.1) is 21.7 Å². The lowest BCUT2D eigenvalue weighted by Crippen LogP contribution is -2.60. The summed E-state index contributed by atoms with van der Waals surface area (Å²) in [6.45, 7) is 7.97. The highest BCUT2D eigenvalue weighted by atomic mass is 16.1. The van der Waals surface area contributed by atoms with E-state index in [4.69, 9.17) is 9.98 Å². The number of fused-ring (bicyclic) bond motifs is 2. The summed E-state index contributed by atoms with van der Waals surface area (Å²) >= 11 is 0. The van der Waals surface area contributed by atoms with Crippen molar-refractivity contribution in [3.8, 4) is 0 Å². The van der Waals surface area contributed by atoms with E-state index < -0.39 is 0 Å². The Labute approximate surface area is 184 Å². The van der Waals surface area contributed by atoms with Gasteiger partial charge < -0.3 is 4.90 Å². The summed E-state index contributed by atoms with van der Waals surface area (Å²) in [6, 6.07) is 8.24. The van der Waals surface area contributed by atoms with Gasteiger partial charge in [0.25, 0.3) is 5.91 Å². The molecule has 4 heteroatoms. The molecular weight excluding hydrogens is 382 g/mol. The molecule has 2 heterocycles. The molecule has 4 bridgehead atoms. The van der Waals surface area contributed by atoms with Gasteiger partial charge in [0.1, 0.15) is 5.84 Å². The van der Waals surface area contributed by atoms with Crippen molar-refractivity contribution in [3.63, 3.8) is 0 Å². The summed E-state index contributed by atoms with van der Waals surface area (Å²) in [5.41, 5.74) is 2.58. The highest BCUT2D eigenvalue weighted by Gasteiger charge is 2.66. The van der Waals surface area contributed by atoms with Gasteiger partial charge in [0, 0.05) is 18.3 Å². The van der Waals surface area contributed by atoms with Crippen LogP contribution in [0.4, 0.5) is 0 Å². The van der Waals surface area contributed by atoms with E-state index in [9.17, 15) is 4.79 Å². The Bertz CT molecular complexity index is 1050. The minimum Gasteiger partial charge on any atom is -0.329 e. The van der Waals surface area contributed by atoms with E-state index in [1.807, 2.05) is 36.6 Å². The van der Waals surface area contributed by atoms with Gasteiger partial charge in [0.15, 0.2) is 5.84 Å². The normalized spacial score (nSPS) is 41.1. The average molecular weight is 414 g/mol. The molecule has 0 atom stereocenters. The summed E-state index contributed by atoms with van der Waals surface area (Å²) in [7, 11) is 0. The first-order chi connectivity index (χ1) is 14.7. The summed E-state index contributed by atoms with van der Waals surface area (Å²) in [5, 5.41) is 0. The number of amidine groups is 2. The predicted molar refractivity (Wildman–Crippen MR) is 124 cm³/mol. The van der Waals surface area contributed by atoms with Crippen LogP contribution in [0.3, 0.4) is 0 Å². The molecule has 4 fully saturated rings. The molecule has 0 unspecified atom stereocenters. The second-order valence-corrected chi connectivity index (χ2v) is 12.0. The fraction of sp³-hybridized carbons (Fsp3) is 0.519. The molecule has 6 aliphatic rings. The van der Waals surface area contributed by atoms with Gasteiger partial charge in [0.2, 0.25) is 0 Å². The highest BCUT2D eigenvalue weighted by molar-refractivity contribution is 6.15. The number of nitrogens with zero attached hydrogens (tertiary/aromatic N) is 3. The Morgan fingerprint density at radius 1 is 0.935 bits per heavy atom. The molecule has 7 rings (SSSR count). The van der Waals surface area contributed by atoms with Gasteiger partial charge >= 0.3 is 0 Å². The largest absolute Gasteiger partial charge is 0.329 e. The molecule has 1 amide bonds. The second kappa shape index (κ2) is 6.05. The zero-order valence-corrected chi connectivity index (χ0v) is 18.8. The van der Waals surface area contributed by atoms with E-state index in [2.05, 4.69) is 37.8 Å². The number of hydrogen-bond donors (Lipinski definition) is 0. The fourth-order valence-electron chi connectivity index (χ4n) is 8.75. The Kier molecular flexibility index (Phi) is 3.75. The van der Waals surface area contributed by atoms with Gasteiger partial charge in [-0.15, -0.1) is 0 Å². The summed E-state index contributed by atoms with van der Waals surface area (Å²) in [6.07, 6.45) is 14.7. The fourth-order valence-corrected chi connectivity index (χ4v) is 8.75. The predicted octanol–water partition coefficient (Wildman–Crippen LogP) is 5.64. The van der Waals surface area contributed by atoms with Crippen molar-refractivity contribution in [2.45, 2.75) is 65.8 Å². The molecule has 0 aromatic heterocycles. The minimum atomic E-state index is -0.330. The van der Waals surface area contributed by atoms with E-state index in [1.165, 1.54) is 19.3 Å². The first kappa shape index (κ1) is 19.2. The van der Waals surface area contributed by atoms with Gasteiger partial charge in [0.05, 0.1) is 5.41 Å². The van der Waals surface area contributed by atoms with Crippen LogP contribution in [0.15, 0.2) is 58.7 Å². The molecule has 0 spiro atoms. The number of carbonyl (C=O) groups excluding carboxylic acids is 1. The molecule has 0 saturated heterocycles. The molecule has 4 aliphatic carbocycles. The molecule has 31 heavy (non-hydrogen) atoms. The number of amides is 1. The molecule has 1 aromatic rings. The number of allylic oxidation sites excluding steroid dienone is 2. The molecule has 0 N–H and O–H groups in total. The summed E-state index contributed by atoms with van der Waals surface area (Å²) in [5.74, 6) is 1.49. The maximum absolute atomic E-state index is 14.0. The monoisotopic (exact) mass is 413 g/mol. The van der Waals surface area contributed by atoms with Crippen molar-refractivity contribution in [1.29, 1.82) is 0 Å². The minimum absolute atomic E-state index is 0.0632. The standard InChI is InChI=1S/C27H31N3O/c1-24-13-25(2)15-26(3,14-24)18-27(16-24,17-25)23(31)29-22-20-9-5-4-8-19(20)12-30-11-7-6-10-21(30)28-22/h4-11H,12-18H2,1-3H3. The van der Waals surface area contributed by atoms with Crippen molar-refractivity contribution < 1.29 is 4.79 Å². The van der Waals surface area contributed by atoms with Crippen molar-refractivity contribution in [1.82, 2.24) is 4.90 Å². The number of hydrogen-bond acceptors (Lipinski definition) is 2. The van der Waals surface area contributed by atoms with Gasteiger partial charge in [-0.05, 0) is 72.5 Å². The van der Waals surface area contributed by atoms with E-state index in [1.54, 1.807) is 0 Å². The smallest absolute Gasteiger partial charge is 0.253 e. The van der Waals surface area contributed by atoms with Crippen LogP contribution >= 0.6 is 0 Å². The van der Waals surface area contributed by atoms with Crippen molar-refractivity contribution in [3.05, 3.63) is 59.8 Å². The summed E-state index contributed by atoms with van der Waals surface area (Å²) < 4.78 is 0. The highest BCUT2D eigenvalue weighted by Crippen LogP contribution is 2.73. The van der Waals surface area contributed by atoms with Crippen LogP contribution < -0.4 is 0 Å². The first-order valence-electron chi connectivity index (χ1n) is 11.6. The third kappa shape index (κ3) is 2.98. The zero-order chi connectivity index (χ0) is 21.5. The van der Waals surface area contributed by atoms with Crippen LogP contribution in [0.5, 0.6) is 0 Å². The Morgan fingerprint density at radius 2 is 1.58 bits per heavy atom. The molecule has 0 radical (unpaired) electrons. The maximum Gasteiger partial charge on any atom is 0.253 e. The van der Waals surface area contributed by atoms with Crippen LogP contribution in [0.2, 0.25) is 0 Å². The van der Waals surface area contributed by atoms with Gasteiger partial charge in [-0.1, -0.05) is 51.1 Å². The molecular formula is C27H31N3O. The quantitative estimate of drug-likeness (QED) is 0.598. The first-order valence-corrected chi connectivity index (χ1v) is 11.6. The van der Waals surface area contributed by atoms with Crippen molar-refractivity contribution in [2.24, 2.45) is 31.6 Å². The zero-order valence-electron chi connectivity index (χ0n) is 18.8.